The summed E-state index contributed by atoms with van der Waals surface area (Å²) >= 11 is 0. The number of benzene rings is 1. The summed E-state index contributed by atoms with van der Waals surface area (Å²) in [7, 11) is 0. The molecule has 1 fully saturated rings. The Labute approximate surface area is 156 Å². The van der Waals surface area contributed by atoms with Gasteiger partial charge in [-0.05, 0) is 45.2 Å². The van der Waals surface area contributed by atoms with Crippen LogP contribution in [0.15, 0.2) is 30.5 Å². The Morgan fingerprint density at radius 1 is 1.26 bits per heavy atom. The fraction of sp³-hybridized carbons (Fsp3) is 0.500. The first kappa shape index (κ1) is 17.9. The average molecular weight is 375 g/mol. The van der Waals surface area contributed by atoms with Crippen LogP contribution in [0.25, 0.3) is 0 Å². The highest BCUT2D eigenvalue weighted by Gasteiger charge is 2.50. The van der Waals surface area contributed by atoms with Gasteiger partial charge in [-0.2, -0.15) is 8.78 Å². The summed E-state index contributed by atoms with van der Waals surface area (Å²) in [5.74, 6) is -3.17. The summed E-state index contributed by atoms with van der Waals surface area (Å²) in [6, 6.07) is 6.99. The number of H-pyrrole nitrogens is 1. The minimum absolute atomic E-state index is 0.180. The number of nitrogens with zero attached hydrogens (tertiary/aromatic N) is 2. The SMILES string of the molecule is CC(C)(C)OC(=O)N1c2ccccc2CC1c1ncc(C(F)(F)C2CC2)[nH]1. The molecule has 0 radical (unpaired) electrons. The van der Waals surface area contributed by atoms with Gasteiger partial charge in [0.05, 0.1) is 11.9 Å². The van der Waals surface area contributed by atoms with E-state index in [4.69, 9.17) is 4.74 Å². The molecule has 0 saturated heterocycles. The number of anilines is 1. The molecule has 5 nitrogen and oxygen atoms in total. The Morgan fingerprint density at radius 2 is 1.96 bits per heavy atom. The summed E-state index contributed by atoms with van der Waals surface area (Å²) in [6.07, 6.45) is 2.24. The van der Waals surface area contributed by atoms with E-state index in [0.29, 0.717) is 25.1 Å². The third kappa shape index (κ3) is 3.31. The molecule has 1 saturated carbocycles. The van der Waals surface area contributed by atoms with E-state index in [1.807, 2.05) is 24.3 Å². The lowest BCUT2D eigenvalue weighted by molar-refractivity contribution is -0.0326. The number of carbonyl (C=O) groups is 1. The summed E-state index contributed by atoms with van der Waals surface area (Å²) < 4.78 is 34.4. The first-order chi connectivity index (χ1) is 12.7. The predicted octanol–water partition coefficient (Wildman–Crippen LogP) is 4.95. The van der Waals surface area contributed by atoms with Gasteiger partial charge in [0, 0.05) is 12.3 Å². The fourth-order valence-corrected chi connectivity index (χ4v) is 3.48. The van der Waals surface area contributed by atoms with Crippen molar-refractivity contribution in [1.29, 1.82) is 0 Å². The van der Waals surface area contributed by atoms with E-state index in [-0.39, 0.29) is 5.69 Å². The zero-order valence-corrected chi connectivity index (χ0v) is 15.6. The second-order valence-electron chi connectivity index (χ2n) is 8.28. The van der Waals surface area contributed by atoms with Crippen LogP contribution in [0.5, 0.6) is 0 Å². The standard InChI is InChI=1S/C20H23F2N3O2/c1-19(2,3)27-18(26)25-14-7-5-4-6-12(14)10-15(25)17-23-11-16(24-17)20(21,22)13-8-9-13/h4-7,11,13,15H,8-10H2,1-3H3,(H,23,24). The van der Waals surface area contributed by atoms with Crippen molar-refractivity contribution in [2.24, 2.45) is 5.92 Å². The number of alkyl halides is 2. The van der Waals surface area contributed by atoms with E-state index in [0.717, 1.165) is 11.3 Å². The number of para-hydroxylation sites is 1. The van der Waals surface area contributed by atoms with E-state index in [9.17, 15) is 13.6 Å². The van der Waals surface area contributed by atoms with Gasteiger partial charge in [0.25, 0.3) is 5.92 Å². The van der Waals surface area contributed by atoms with Crippen molar-refractivity contribution in [3.63, 3.8) is 0 Å². The quantitative estimate of drug-likeness (QED) is 0.826. The second kappa shape index (κ2) is 6.04. The number of nitrogens with one attached hydrogen (secondary N) is 1. The maximum Gasteiger partial charge on any atom is 0.415 e. The molecule has 0 bridgehead atoms. The molecule has 0 spiro atoms. The molecule has 1 amide bonds. The van der Waals surface area contributed by atoms with Crippen LogP contribution in [0.1, 0.15) is 56.7 Å². The van der Waals surface area contributed by atoms with Crippen LogP contribution in [-0.4, -0.2) is 21.7 Å². The molecule has 7 heteroatoms. The fourth-order valence-electron chi connectivity index (χ4n) is 3.48. The lowest BCUT2D eigenvalue weighted by Gasteiger charge is -2.28. The monoisotopic (exact) mass is 375 g/mol. The Morgan fingerprint density at radius 3 is 2.63 bits per heavy atom. The van der Waals surface area contributed by atoms with Crippen molar-refractivity contribution in [2.75, 3.05) is 4.90 Å². The smallest absolute Gasteiger partial charge is 0.415 e. The topological polar surface area (TPSA) is 58.2 Å². The largest absolute Gasteiger partial charge is 0.443 e. The van der Waals surface area contributed by atoms with Gasteiger partial charge in [-0.3, -0.25) is 4.90 Å². The van der Waals surface area contributed by atoms with Crippen molar-refractivity contribution >= 4 is 11.8 Å². The van der Waals surface area contributed by atoms with Crippen molar-refractivity contribution in [3.8, 4) is 0 Å². The molecule has 1 aliphatic carbocycles. The number of aromatic amines is 1. The lowest BCUT2D eigenvalue weighted by Crippen LogP contribution is -2.38. The molecule has 1 aliphatic heterocycles. The Bertz CT molecular complexity index is 868. The number of carbonyl (C=O) groups excluding carboxylic acids is 1. The van der Waals surface area contributed by atoms with Crippen molar-refractivity contribution in [1.82, 2.24) is 9.97 Å². The van der Waals surface area contributed by atoms with Gasteiger partial charge in [-0.1, -0.05) is 18.2 Å². The predicted molar refractivity (Wildman–Crippen MR) is 96.8 cm³/mol. The number of hydrogen-bond donors (Lipinski definition) is 1. The summed E-state index contributed by atoms with van der Waals surface area (Å²) in [5.41, 5.74) is 0.843. The summed E-state index contributed by atoms with van der Waals surface area (Å²) in [5, 5.41) is 0. The highest BCUT2D eigenvalue weighted by Crippen LogP contribution is 2.49. The number of ether oxygens (including phenoxy) is 1. The maximum atomic E-state index is 14.4. The Kier molecular flexibility index (Phi) is 4.01. The van der Waals surface area contributed by atoms with Gasteiger partial charge in [0.1, 0.15) is 23.2 Å². The normalized spacial score (nSPS) is 19.9. The molecule has 144 valence electrons. The second-order valence-corrected chi connectivity index (χ2v) is 8.28. The molecular weight excluding hydrogens is 352 g/mol. The van der Waals surface area contributed by atoms with Gasteiger partial charge < -0.3 is 9.72 Å². The Balaban J connectivity index is 1.67. The molecule has 2 aliphatic rings. The maximum absolute atomic E-state index is 14.4. The van der Waals surface area contributed by atoms with E-state index in [2.05, 4.69) is 9.97 Å². The number of amides is 1. The lowest BCUT2D eigenvalue weighted by atomic mass is 10.1. The molecule has 1 atom stereocenters. The average Bonchev–Trinajstić information content (AvgIpc) is 3.19. The third-order valence-corrected chi connectivity index (χ3v) is 4.93. The molecular formula is C20H23F2N3O2. The zero-order valence-electron chi connectivity index (χ0n) is 15.6. The molecule has 2 aromatic rings. The first-order valence-electron chi connectivity index (χ1n) is 9.20. The van der Waals surface area contributed by atoms with Crippen LogP contribution in [0.4, 0.5) is 19.3 Å². The first-order valence-corrected chi connectivity index (χ1v) is 9.20. The molecule has 1 N–H and O–H groups in total. The highest BCUT2D eigenvalue weighted by atomic mass is 19.3. The van der Waals surface area contributed by atoms with Gasteiger partial charge >= 0.3 is 6.09 Å². The van der Waals surface area contributed by atoms with Crippen LogP contribution in [0.3, 0.4) is 0 Å². The Hall–Kier alpha value is -2.44. The number of rotatable bonds is 3. The summed E-state index contributed by atoms with van der Waals surface area (Å²) in [4.78, 5) is 21.3. The molecule has 1 unspecified atom stereocenters. The van der Waals surface area contributed by atoms with Crippen LogP contribution < -0.4 is 4.90 Å². The molecule has 1 aromatic carbocycles. The van der Waals surface area contributed by atoms with Gasteiger partial charge in [-0.25, -0.2) is 9.78 Å². The van der Waals surface area contributed by atoms with E-state index in [1.165, 1.54) is 11.1 Å². The molecule has 4 rings (SSSR count). The van der Waals surface area contributed by atoms with E-state index >= 15 is 0 Å². The molecule has 2 heterocycles. The van der Waals surface area contributed by atoms with Crippen molar-refractivity contribution in [2.45, 2.75) is 57.6 Å². The van der Waals surface area contributed by atoms with Gasteiger partial charge in [0.15, 0.2) is 0 Å². The number of imidazole rings is 1. The van der Waals surface area contributed by atoms with Crippen LogP contribution in [0, 0.1) is 5.92 Å². The van der Waals surface area contributed by atoms with Gasteiger partial charge in [-0.15, -0.1) is 0 Å². The number of hydrogen-bond acceptors (Lipinski definition) is 3. The van der Waals surface area contributed by atoms with E-state index < -0.39 is 29.6 Å². The molecule has 27 heavy (non-hydrogen) atoms. The van der Waals surface area contributed by atoms with Gasteiger partial charge in [0.2, 0.25) is 0 Å². The number of halogens is 2. The molecule has 1 aromatic heterocycles. The number of aromatic nitrogens is 2. The van der Waals surface area contributed by atoms with Crippen molar-refractivity contribution < 1.29 is 18.3 Å². The van der Waals surface area contributed by atoms with Crippen molar-refractivity contribution in [3.05, 3.63) is 47.5 Å². The number of fused-ring (bicyclic) bond motifs is 1. The van der Waals surface area contributed by atoms with Crippen LogP contribution in [-0.2, 0) is 17.1 Å². The third-order valence-electron chi connectivity index (χ3n) is 4.93. The minimum Gasteiger partial charge on any atom is -0.443 e. The van der Waals surface area contributed by atoms with Crippen LogP contribution >= 0.6 is 0 Å². The highest BCUT2D eigenvalue weighted by molar-refractivity contribution is 5.91. The van der Waals surface area contributed by atoms with E-state index in [1.54, 1.807) is 20.8 Å². The minimum atomic E-state index is -2.91. The van der Waals surface area contributed by atoms with Crippen LogP contribution in [0.2, 0.25) is 0 Å². The summed E-state index contributed by atoms with van der Waals surface area (Å²) in [6.45, 7) is 5.38. The zero-order chi connectivity index (χ0) is 19.4.